The van der Waals surface area contributed by atoms with Crippen molar-refractivity contribution in [3.63, 3.8) is 0 Å². The molecule has 2 aromatic carbocycles. The molecule has 1 amide bonds. The number of benzene rings is 2. The van der Waals surface area contributed by atoms with Gasteiger partial charge in [0.15, 0.2) is 0 Å². The van der Waals surface area contributed by atoms with Crippen molar-refractivity contribution in [2.75, 3.05) is 0 Å². The van der Waals surface area contributed by atoms with E-state index in [2.05, 4.69) is 27.7 Å². The molecule has 0 spiro atoms. The van der Waals surface area contributed by atoms with Gasteiger partial charge < -0.3 is 9.88 Å². The highest BCUT2D eigenvalue weighted by Gasteiger charge is 2.32. The van der Waals surface area contributed by atoms with Crippen LogP contribution >= 0.6 is 0 Å². The Balaban J connectivity index is 1.59. The number of fused-ring (bicyclic) bond motifs is 1. The number of aromatic nitrogens is 2. The van der Waals surface area contributed by atoms with Crippen LogP contribution in [0.25, 0.3) is 10.9 Å². The molecule has 7 heteroatoms. The number of para-hydroxylation sites is 1. The molecule has 1 saturated heterocycles. The molecule has 7 nitrogen and oxygen atoms in total. The van der Waals surface area contributed by atoms with Gasteiger partial charge in [0.05, 0.1) is 17.4 Å². The highest BCUT2D eigenvalue weighted by Crippen LogP contribution is 2.16. The molecule has 0 bridgehead atoms. The zero-order valence-corrected chi connectivity index (χ0v) is 17.1. The van der Waals surface area contributed by atoms with Gasteiger partial charge in [-0.15, -0.1) is 0 Å². The monoisotopic (exact) mass is 405 g/mol. The van der Waals surface area contributed by atoms with Crippen LogP contribution in [0, 0.1) is 0 Å². The number of carbonyl (C=O) groups excluding carboxylic acids is 1. The van der Waals surface area contributed by atoms with E-state index in [-0.39, 0.29) is 24.1 Å². The minimum atomic E-state index is -0.294. The van der Waals surface area contributed by atoms with Gasteiger partial charge in [-0.25, -0.2) is 10.4 Å². The fourth-order valence-electron chi connectivity index (χ4n) is 3.95. The molecule has 0 aliphatic carbocycles. The predicted molar refractivity (Wildman–Crippen MR) is 116 cm³/mol. The van der Waals surface area contributed by atoms with Crippen molar-refractivity contribution in [3.05, 3.63) is 76.3 Å². The molecule has 1 aliphatic rings. The first-order valence-electron chi connectivity index (χ1n) is 10.5. The molecule has 2 heterocycles. The summed E-state index contributed by atoms with van der Waals surface area (Å²) in [6.07, 6.45) is 2.84. The average molecular weight is 406 g/mol. The van der Waals surface area contributed by atoms with Crippen molar-refractivity contribution in [1.29, 1.82) is 0 Å². The van der Waals surface area contributed by atoms with E-state index in [4.69, 9.17) is 0 Å². The summed E-state index contributed by atoms with van der Waals surface area (Å²) in [5, 5.41) is 0.547. The summed E-state index contributed by atoms with van der Waals surface area (Å²) in [6, 6.07) is 17.1. The normalized spacial score (nSPS) is 18.6. The molecule has 156 valence electrons. The van der Waals surface area contributed by atoms with Gasteiger partial charge in [0.1, 0.15) is 11.9 Å². The Kier molecular flexibility index (Phi) is 6.21. The maximum Gasteiger partial charge on any atom is 0.258 e. The Bertz CT molecular complexity index is 1070. The van der Waals surface area contributed by atoms with Gasteiger partial charge in [-0.1, -0.05) is 55.8 Å². The van der Waals surface area contributed by atoms with Gasteiger partial charge in [0.25, 0.3) is 5.56 Å². The summed E-state index contributed by atoms with van der Waals surface area (Å²) in [5.41, 5.74) is 7.86. The Morgan fingerprint density at radius 3 is 2.63 bits per heavy atom. The van der Waals surface area contributed by atoms with Crippen molar-refractivity contribution in [2.24, 2.45) is 0 Å². The third-order valence-electron chi connectivity index (χ3n) is 5.45. The van der Waals surface area contributed by atoms with Crippen LogP contribution in [0.1, 0.15) is 37.6 Å². The lowest BCUT2D eigenvalue weighted by molar-refractivity contribution is -0.134. The van der Waals surface area contributed by atoms with E-state index in [1.165, 1.54) is 0 Å². The maximum absolute atomic E-state index is 13.4. The van der Waals surface area contributed by atoms with Crippen LogP contribution in [0.3, 0.4) is 0 Å². The fourth-order valence-corrected chi connectivity index (χ4v) is 3.95. The molecule has 2 unspecified atom stereocenters. The van der Waals surface area contributed by atoms with Crippen molar-refractivity contribution in [2.45, 2.75) is 51.4 Å². The number of H-pyrrole nitrogens is 1. The molecule has 1 aliphatic heterocycles. The summed E-state index contributed by atoms with van der Waals surface area (Å²) in [7, 11) is 0. The fraction of sp³-hybridized carbons (Fsp3) is 0.348. The molecule has 3 N–H and O–H groups in total. The number of nitrogens with zero attached hydrogens (tertiary/aromatic N) is 2. The topological polar surface area (TPSA) is 90.1 Å². The molecule has 4 rings (SSSR count). The van der Waals surface area contributed by atoms with Gasteiger partial charge in [0, 0.05) is 12.6 Å². The van der Waals surface area contributed by atoms with E-state index in [9.17, 15) is 9.59 Å². The maximum atomic E-state index is 13.4. The number of aromatic amines is 1. The van der Waals surface area contributed by atoms with Crippen LogP contribution in [0.5, 0.6) is 0 Å². The minimum Gasteiger partial charge on any atom is -0.330 e. The van der Waals surface area contributed by atoms with Crippen LogP contribution < -0.4 is 16.4 Å². The van der Waals surface area contributed by atoms with Gasteiger partial charge in [-0.3, -0.25) is 15.0 Å². The summed E-state index contributed by atoms with van der Waals surface area (Å²) in [4.78, 5) is 35.0. The predicted octanol–water partition coefficient (Wildman–Crippen LogP) is 2.49. The third-order valence-corrected chi connectivity index (χ3v) is 5.45. The zero-order valence-electron chi connectivity index (χ0n) is 17.1. The quantitative estimate of drug-likeness (QED) is 0.562. The molecule has 2 atom stereocenters. The second-order valence-electron chi connectivity index (χ2n) is 7.77. The smallest absolute Gasteiger partial charge is 0.258 e. The standard InChI is InChI=1S/C23H27N5O2/c1-2-8-17-13-20(27-26-17)23(30)28(14-16-9-4-3-5-10-16)15-21-24-19-12-7-6-11-18(19)22(29)25-21/h3-7,9-12,17,20,26-27H,2,8,13-15H2,1H3,(H,24,25,29). The number of amides is 1. The Labute approximate surface area is 175 Å². The first kappa shape index (κ1) is 20.3. The van der Waals surface area contributed by atoms with Crippen LogP contribution in [-0.2, 0) is 17.9 Å². The molecule has 3 aromatic rings. The van der Waals surface area contributed by atoms with Crippen LogP contribution in [0.15, 0.2) is 59.4 Å². The number of rotatable bonds is 7. The Hall–Kier alpha value is -3.03. The lowest BCUT2D eigenvalue weighted by Gasteiger charge is -2.25. The molecular weight excluding hydrogens is 378 g/mol. The molecule has 0 radical (unpaired) electrons. The summed E-state index contributed by atoms with van der Waals surface area (Å²) in [6.45, 7) is 2.83. The molecule has 0 saturated carbocycles. The van der Waals surface area contributed by atoms with E-state index in [0.717, 1.165) is 24.8 Å². The summed E-state index contributed by atoms with van der Waals surface area (Å²) < 4.78 is 0. The van der Waals surface area contributed by atoms with Crippen molar-refractivity contribution < 1.29 is 4.79 Å². The Morgan fingerprint density at radius 1 is 1.07 bits per heavy atom. The van der Waals surface area contributed by atoms with Crippen LogP contribution in [0.4, 0.5) is 0 Å². The van der Waals surface area contributed by atoms with Gasteiger partial charge >= 0.3 is 0 Å². The first-order chi connectivity index (χ1) is 14.6. The number of hydrogen-bond donors (Lipinski definition) is 3. The van der Waals surface area contributed by atoms with Gasteiger partial charge in [-0.05, 0) is 30.5 Å². The van der Waals surface area contributed by atoms with E-state index in [1.807, 2.05) is 48.5 Å². The second kappa shape index (κ2) is 9.19. The molecule has 1 fully saturated rings. The number of nitrogens with one attached hydrogen (secondary N) is 3. The SMILES string of the molecule is CCCC1CC(C(=O)N(Cc2ccccc2)Cc2nc3ccccc3c(=O)[nH]2)NN1. The largest absolute Gasteiger partial charge is 0.330 e. The lowest BCUT2D eigenvalue weighted by Crippen LogP contribution is -2.45. The van der Waals surface area contributed by atoms with Crippen LogP contribution in [-0.4, -0.2) is 32.9 Å². The number of hydrogen-bond acceptors (Lipinski definition) is 5. The number of carbonyl (C=O) groups is 1. The summed E-state index contributed by atoms with van der Waals surface area (Å²) >= 11 is 0. The van der Waals surface area contributed by atoms with E-state index >= 15 is 0 Å². The van der Waals surface area contributed by atoms with Crippen molar-refractivity contribution in [3.8, 4) is 0 Å². The lowest BCUT2D eigenvalue weighted by atomic mass is 10.0. The second-order valence-corrected chi connectivity index (χ2v) is 7.77. The Morgan fingerprint density at radius 2 is 1.83 bits per heavy atom. The van der Waals surface area contributed by atoms with E-state index < -0.39 is 0 Å². The van der Waals surface area contributed by atoms with Crippen LogP contribution in [0.2, 0.25) is 0 Å². The minimum absolute atomic E-state index is 0.000707. The third kappa shape index (κ3) is 4.58. The van der Waals surface area contributed by atoms with Crippen molar-refractivity contribution >= 4 is 16.8 Å². The highest BCUT2D eigenvalue weighted by atomic mass is 16.2. The summed E-state index contributed by atoms with van der Waals surface area (Å²) in [5.74, 6) is 0.486. The van der Waals surface area contributed by atoms with Crippen molar-refractivity contribution in [1.82, 2.24) is 25.7 Å². The average Bonchev–Trinajstić information content (AvgIpc) is 3.22. The molecule has 1 aromatic heterocycles. The van der Waals surface area contributed by atoms with E-state index in [0.29, 0.717) is 29.3 Å². The van der Waals surface area contributed by atoms with Gasteiger partial charge in [-0.2, -0.15) is 0 Å². The van der Waals surface area contributed by atoms with E-state index in [1.54, 1.807) is 11.0 Å². The zero-order chi connectivity index (χ0) is 20.9. The van der Waals surface area contributed by atoms with Gasteiger partial charge in [0.2, 0.25) is 5.91 Å². The highest BCUT2D eigenvalue weighted by molar-refractivity contribution is 5.82. The molecular formula is C23H27N5O2. The number of hydrazine groups is 1. The first-order valence-corrected chi connectivity index (χ1v) is 10.5. The molecule has 30 heavy (non-hydrogen) atoms.